The van der Waals surface area contributed by atoms with E-state index in [1.807, 2.05) is 13.8 Å². The first-order chi connectivity index (χ1) is 6.47. The Balaban J connectivity index is 4.04. The number of thioether (sulfide) groups is 1. The lowest BCUT2D eigenvalue weighted by molar-refractivity contribution is -0.127. The molecule has 0 rings (SSSR count). The Morgan fingerprint density at radius 2 is 2.21 bits per heavy atom. The highest BCUT2D eigenvalue weighted by atomic mass is 32.2. The maximum Gasteiger partial charge on any atom is 0.233 e. The second-order valence-corrected chi connectivity index (χ2v) is 4.04. The van der Waals surface area contributed by atoms with E-state index in [-0.39, 0.29) is 16.8 Å². The van der Waals surface area contributed by atoms with E-state index in [2.05, 4.69) is 6.58 Å². The SMILES string of the molecule is C=C(C)CN(CC)C(=O)CSC(=N)N. The van der Waals surface area contributed by atoms with Crippen LogP contribution in [0.2, 0.25) is 0 Å². The molecule has 80 valence electrons. The third kappa shape index (κ3) is 5.64. The lowest BCUT2D eigenvalue weighted by Gasteiger charge is -2.20. The van der Waals surface area contributed by atoms with Crippen LogP contribution < -0.4 is 5.73 Å². The monoisotopic (exact) mass is 215 g/mol. The van der Waals surface area contributed by atoms with Gasteiger partial charge in [-0.2, -0.15) is 0 Å². The molecule has 14 heavy (non-hydrogen) atoms. The lowest BCUT2D eigenvalue weighted by atomic mass is 10.3. The zero-order valence-electron chi connectivity index (χ0n) is 8.67. The molecule has 0 saturated heterocycles. The van der Waals surface area contributed by atoms with Crippen LogP contribution in [-0.4, -0.2) is 34.8 Å². The van der Waals surface area contributed by atoms with Gasteiger partial charge in [0.05, 0.1) is 5.75 Å². The number of rotatable bonds is 5. The number of hydrogen-bond donors (Lipinski definition) is 2. The molecular formula is C9H17N3OS. The number of hydrogen-bond acceptors (Lipinski definition) is 3. The summed E-state index contributed by atoms with van der Waals surface area (Å²) in [5, 5.41) is 6.96. The molecular weight excluding hydrogens is 198 g/mol. The van der Waals surface area contributed by atoms with Gasteiger partial charge in [-0.1, -0.05) is 23.9 Å². The smallest absolute Gasteiger partial charge is 0.233 e. The first-order valence-corrected chi connectivity index (χ1v) is 5.35. The minimum Gasteiger partial charge on any atom is -0.379 e. The zero-order chi connectivity index (χ0) is 11.1. The van der Waals surface area contributed by atoms with Crippen molar-refractivity contribution in [3.8, 4) is 0 Å². The normalized spacial score (nSPS) is 9.57. The molecule has 0 heterocycles. The van der Waals surface area contributed by atoms with Gasteiger partial charge in [-0.15, -0.1) is 0 Å². The van der Waals surface area contributed by atoms with Crippen molar-refractivity contribution in [2.24, 2.45) is 5.73 Å². The van der Waals surface area contributed by atoms with Crippen molar-refractivity contribution in [3.05, 3.63) is 12.2 Å². The quantitative estimate of drug-likeness (QED) is 0.409. The number of nitrogens with two attached hydrogens (primary N) is 1. The predicted molar refractivity (Wildman–Crippen MR) is 61.4 cm³/mol. The second-order valence-electron chi connectivity index (χ2n) is 3.02. The molecule has 0 spiro atoms. The first kappa shape index (κ1) is 13.0. The molecule has 0 aromatic heterocycles. The van der Waals surface area contributed by atoms with Crippen molar-refractivity contribution in [1.29, 1.82) is 5.41 Å². The molecule has 4 nitrogen and oxygen atoms in total. The Morgan fingerprint density at radius 3 is 2.57 bits per heavy atom. The van der Waals surface area contributed by atoms with Gasteiger partial charge in [0.15, 0.2) is 5.17 Å². The molecule has 1 amide bonds. The third-order valence-corrected chi connectivity index (χ3v) is 2.25. The highest BCUT2D eigenvalue weighted by molar-refractivity contribution is 8.14. The van der Waals surface area contributed by atoms with Gasteiger partial charge in [0.25, 0.3) is 0 Å². The summed E-state index contributed by atoms with van der Waals surface area (Å²) in [7, 11) is 0. The van der Waals surface area contributed by atoms with Crippen LogP contribution in [0.4, 0.5) is 0 Å². The standard InChI is InChI=1S/C9H17N3OS/c1-4-12(5-7(2)3)8(13)6-14-9(10)11/h2,4-6H2,1,3H3,(H3,10,11). The van der Waals surface area contributed by atoms with Crippen LogP contribution in [0.3, 0.4) is 0 Å². The first-order valence-electron chi connectivity index (χ1n) is 4.36. The molecule has 0 aromatic carbocycles. The molecule has 0 saturated carbocycles. The molecule has 3 N–H and O–H groups in total. The number of amides is 1. The Hall–Kier alpha value is -0.970. The maximum atomic E-state index is 11.5. The summed E-state index contributed by atoms with van der Waals surface area (Å²) in [5.41, 5.74) is 6.09. The van der Waals surface area contributed by atoms with Gasteiger partial charge in [-0.05, 0) is 13.8 Å². The van der Waals surface area contributed by atoms with E-state index >= 15 is 0 Å². The number of likely N-dealkylation sites (N-methyl/N-ethyl adjacent to an activating group) is 1. The molecule has 0 atom stereocenters. The van der Waals surface area contributed by atoms with E-state index in [1.165, 1.54) is 0 Å². The van der Waals surface area contributed by atoms with Crippen molar-refractivity contribution in [2.45, 2.75) is 13.8 Å². The van der Waals surface area contributed by atoms with Crippen molar-refractivity contribution >= 4 is 22.8 Å². The second kappa shape index (κ2) is 6.48. The minimum absolute atomic E-state index is 0.00398. The van der Waals surface area contributed by atoms with Crippen LogP contribution in [0.15, 0.2) is 12.2 Å². The summed E-state index contributed by atoms with van der Waals surface area (Å²) in [4.78, 5) is 13.2. The average Bonchev–Trinajstić information content (AvgIpc) is 2.09. The van der Waals surface area contributed by atoms with Crippen LogP contribution in [0.5, 0.6) is 0 Å². The Bertz CT molecular complexity index is 240. The van der Waals surface area contributed by atoms with Crippen LogP contribution in [-0.2, 0) is 4.79 Å². The van der Waals surface area contributed by atoms with Gasteiger partial charge in [0, 0.05) is 13.1 Å². The molecule has 0 aliphatic rings. The molecule has 0 aliphatic heterocycles. The van der Waals surface area contributed by atoms with E-state index in [9.17, 15) is 4.79 Å². The fourth-order valence-corrected chi connectivity index (χ4v) is 1.39. The Labute approximate surface area is 89.0 Å². The highest BCUT2D eigenvalue weighted by Crippen LogP contribution is 2.03. The summed E-state index contributed by atoms with van der Waals surface area (Å²) in [6.07, 6.45) is 0. The minimum atomic E-state index is -0.0234. The van der Waals surface area contributed by atoms with Gasteiger partial charge in [-0.3, -0.25) is 10.2 Å². The Morgan fingerprint density at radius 1 is 1.64 bits per heavy atom. The molecule has 0 aromatic rings. The van der Waals surface area contributed by atoms with E-state index in [0.29, 0.717) is 13.1 Å². The number of carbonyl (C=O) groups excluding carboxylic acids is 1. The third-order valence-electron chi connectivity index (χ3n) is 1.55. The number of amidine groups is 1. The maximum absolute atomic E-state index is 11.5. The van der Waals surface area contributed by atoms with Crippen LogP contribution >= 0.6 is 11.8 Å². The van der Waals surface area contributed by atoms with Crippen molar-refractivity contribution in [2.75, 3.05) is 18.8 Å². The highest BCUT2D eigenvalue weighted by Gasteiger charge is 2.11. The molecule has 0 fully saturated rings. The van der Waals surface area contributed by atoms with E-state index in [1.54, 1.807) is 4.90 Å². The summed E-state index contributed by atoms with van der Waals surface area (Å²) in [5.74, 6) is 0.229. The fraction of sp³-hybridized carbons (Fsp3) is 0.556. The fourth-order valence-electron chi connectivity index (χ4n) is 0.933. The molecule has 0 radical (unpaired) electrons. The number of nitrogens with zero attached hydrogens (tertiary/aromatic N) is 1. The summed E-state index contributed by atoms with van der Waals surface area (Å²) in [6.45, 7) is 8.79. The van der Waals surface area contributed by atoms with Gasteiger partial charge in [0.2, 0.25) is 5.91 Å². The Kier molecular flexibility index (Phi) is 6.03. The van der Waals surface area contributed by atoms with Gasteiger partial charge in [0.1, 0.15) is 0 Å². The predicted octanol–water partition coefficient (Wildman–Crippen LogP) is 1.04. The van der Waals surface area contributed by atoms with Crippen molar-refractivity contribution in [1.82, 2.24) is 4.90 Å². The molecule has 0 unspecified atom stereocenters. The average molecular weight is 215 g/mol. The summed E-state index contributed by atoms with van der Waals surface area (Å²) >= 11 is 1.05. The lowest BCUT2D eigenvalue weighted by Crippen LogP contribution is -2.34. The number of nitrogens with one attached hydrogen (secondary N) is 1. The summed E-state index contributed by atoms with van der Waals surface area (Å²) < 4.78 is 0. The van der Waals surface area contributed by atoms with E-state index in [4.69, 9.17) is 11.1 Å². The zero-order valence-corrected chi connectivity index (χ0v) is 9.49. The van der Waals surface area contributed by atoms with Crippen molar-refractivity contribution < 1.29 is 4.79 Å². The van der Waals surface area contributed by atoms with Crippen LogP contribution in [0, 0.1) is 5.41 Å². The van der Waals surface area contributed by atoms with Crippen LogP contribution in [0.25, 0.3) is 0 Å². The van der Waals surface area contributed by atoms with Gasteiger partial charge >= 0.3 is 0 Å². The number of carbonyl (C=O) groups is 1. The topological polar surface area (TPSA) is 70.2 Å². The largest absolute Gasteiger partial charge is 0.379 e. The van der Waals surface area contributed by atoms with Crippen molar-refractivity contribution in [3.63, 3.8) is 0 Å². The van der Waals surface area contributed by atoms with Gasteiger partial charge < -0.3 is 10.6 Å². The van der Waals surface area contributed by atoms with E-state index < -0.39 is 0 Å². The molecule has 0 aliphatic carbocycles. The molecule has 0 bridgehead atoms. The molecule has 5 heteroatoms. The summed E-state index contributed by atoms with van der Waals surface area (Å²) in [6, 6.07) is 0. The van der Waals surface area contributed by atoms with E-state index in [0.717, 1.165) is 17.3 Å². The van der Waals surface area contributed by atoms with Gasteiger partial charge in [-0.25, -0.2) is 0 Å². The van der Waals surface area contributed by atoms with Crippen LogP contribution in [0.1, 0.15) is 13.8 Å².